The van der Waals surface area contributed by atoms with Crippen molar-refractivity contribution in [3.8, 4) is 0 Å². The summed E-state index contributed by atoms with van der Waals surface area (Å²) in [5.41, 5.74) is -0.942. The minimum Gasteiger partial charge on any atom is -0.350 e. The van der Waals surface area contributed by atoms with Gasteiger partial charge in [-0.05, 0) is 31.1 Å². The zero-order valence-electron chi connectivity index (χ0n) is 12.7. The quantitative estimate of drug-likeness (QED) is 0.800. The minimum absolute atomic E-state index is 0.302. The molecule has 0 radical (unpaired) electrons. The van der Waals surface area contributed by atoms with Crippen LogP contribution in [0, 0.1) is 11.3 Å². The Hall–Kier alpha value is -0.740. The smallest absolute Gasteiger partial charge is 0.350 e. The van der Waals surface area contributed by atoms with Crippen LogP contribution >= 0.6 is 0 Å². The molecule has 1 amide bonds. The van der Waals surface area contributed by atoms with E-state index < -0.39 is 24.0 Å². The van der Waals surface area contributed by atoms with Crippen LogP contribution in [0.3, 0.4) is 0 Å². The molecule has 19 heavy (non-hydrogen) atoms. The van der Waals surface area contributed by atoms with Crippen molar-refractivity contribution in [1.82, 2.24) is 5.32 Å². The van der Waals surface area contributed by atoms with Gasteiger partial charge >= 0.3 is 6.18 Å². The normalized spacial score (nSPS) is 16.3. The van der Waals surface area contributed by atoms with Crippen molar-refractivity contribution < 1.29 is 18.0 Å². The molecule has 114 valence electrons. The summed E-state index contributed by atoms with van der Waals surface area (Å²) in [6.45, 7) is 11.7. The van der Waals surface area contributed by atoms with Crippen LogP contribution in [-0.4, -0.2) is 17.6 Å². The Kier molecular flexibility index (Phi) is 5.90. The Morgan fingerprint density at radius 3 is 1.89 bits per heavy atom. The van der Waals surface area contributed by atoms with Gasteiger partial charge in [0.15, 0.2) is 0 Å². The molecule has 0 bridgehead atoms. The maximum atomic E-state index is 12.2. The van der Waals surface area contributed by atoms with Gasteiger partial charge in [-0.25, -0.2) is 0 Å². The molecule has 0 spiro atoms. The topological polar surface area (TPSA) is 29.1 Å². The predicted molar refractivity (Wildman–Crippen MR) is 70.7 cm³/mol. The first-order valence-electron chi connectivity index (χ1n) is 6.64. The summed E-state index contributed by atoms with van der Waals surface area (Å²) in [6.07, 6.45) is -4.35. The summed E-state index contributed by atoms with van der Waals surface area (Å²) in [5, 5.41) is 2.59. The number of nitrogens with one attached hydrogen (secondary N) is 1. The van der Waals surface area contributed by atoms with Crippen molar-refractivity contribution in [2.75, 3.05) is 0 Å². The molecule has 0 saturated carbocycles. The van der Waals surface area contributed by atoms with Crippen LogP contribution in [0.2, 0.25) is 0 Å². The van der Waals surface area contributed by atoms with Gasteiger partial charge in [0.25, 0.3) is 0 Å². The van der Waals surface area contributed by atoms with E-state index in [0.29, 0.717) is 12.3 Å². The average Bonchev–Trinajstić information content (AvgIpc) is 2.09. The summed E-state index contributed by atoms with van der Waals surface area (Å²) >= 11 is 0. The molecule has 5 heteroatoms. The molecule has 0 aliphatic heterocycles. The highest BCUT2D eigenvalue weighted by molar-refractivity contribution is 5.77. The number of rotatable bonds is 5. The molecule has 0 saturated heterocycles. The van der Waals surface area contributed by atoms with Crippen LogP contribution in [0.25, 0.3) is 0 Å². The van der Waals surface area contributed by atoms with Gasteiger partial charge in [-0.1, -0.05) is 34.6 Å². The van der Waals surface area contributed by atoms with E-state index in [-0.39, 0.29) is 5.41 Å². The van der Waals surface area contributed by atoms with E-state index in [4.69, 9.17) is 0 Å². The fraction of sp³-hybridized carbons (Fsp3) is 0.929. The van der Waals surface area contributed by atoms with E-state index >= 15 is 0 Å². The Bertz CT molecular complexity index is 305. The molecule has 1 unspecified atom stereocenters. The number of halogens is 3. The molecule has 0 aliphatic rings. The third-order valence-corrected chi connectivity index (χ3v) is 3.65. The van der Waals surface area contributed by atoms with Gasteiger partial charge in [-0.3, -0.25) is 4.79 Å². The lowest BCUT2D eigenvalue weighted by Gasteiger charge is -2.43. The Morgan fingerprint density at radius 2 is 1.58 bits per heavy atom. The number of amides is 1. The number of alkyl halides is 3. The lowest BCUT2D eigenvalue weighted by Crippen LogP contribution is -2.55. The molecular weight excluding hydrogens is 255 g/mol. The fourth-order valence-corrected chi connectivity index (χ4v) is 1.74. The van der Waals surface area contributed by atoms with E-state index in [9.17, 15) is 18.0 Å². The van der Waals surface area contributed by atoms with E-state index in [0.717, 1.165) is 6.42 Å². The molecule has 1 N–H and O–H groups in total. The fourth-order valence-electron chi connectivity index (χ4n) is 1.74. The predicted octanol–water partition coefficient (Wildman–Crippen LogP) is 4.30. The van der Waals surface area contributed by atoms with E-state index in [1.54, 1.807) is 0 Å². The van der Waals surface area contributed by atoms with Gasteiger partial charge in [0.1, 0.15) is 6.42 Å². The highest BCUT2D eigenvalue weighted by Crippen LogP contribution is 2.35. The second-order valence-corrected chi connectivity index (χ2v) is 6.85. The van der Waals surface area contributed by atoms with Gasteiger partial charge in [0.2, 0.25) is 5.91 Å². The molecule has 0 aromatic rings. The Morgan fingerprint density at radius 1 is 1.11 bits per heavy atom. The first-order chi connectivity index (χ1) is 8.27. The first-order valence-corrected chi connectivity index (χ1v) is 6.64. The Balaban J connectivity index is 4.83. The highest BCUT2D eigenvalue weighted by Gasteiger charge is 2.40. The summed E-state index contributed by atoms with van der Waals surface area (Å²) < 4.78 is 36.7. The standard InChI is InChI=1S/C14H26F3NO/c1-10(2)7-8-13(6,12(3,4)5)18-11(19)9-14(15,16)17/h10H,7-9H2,1-6H3,(H,18,19). The molecule has 1 atom stereocenters. The van der Waals surface area contributed by atoms with Crippen LogP contribution in [0.5, 0.6) is 0 Å². The number of hydrogen-bond donors (Lipinski definition) is 1. The van der Waals surface area contributed by atoms with Crippen LogP contribution < -0.4 is 5.32 Å². The maximum Gasteiger partial charge on any atom is 0.397 e. The first kappa shape index (κ1) is 18.3. The van der Waals surface area contributed by atoms with Gasteiger partial charge in [-0.15, -0.1) is 0 Å². The van der Waals surface area contributed by atoms with Gasteiger partial charge in [0.05, 0.1) is 0 Å². The highest BCUT2D eigenvalue weighted by atomic mass is 19.4. The molecule has 2 nitrogen and oxygen atoms in total. The minimum atomic E-state index is -4.46. The third kappa shape index (κ3) is 6.83. The van der Waals surface area contributed by atoms with Crippen LogP contribution in [0.1, 0.15) is 60.8 Å². The number of carbonyl (C=O) groups is 1. The van der Waals surface area contributed by atoms with Crippen molar-refractivity contribution in [3.63, 3.8) is 0 Å². The number of carbonyl (C=O) groups excluding carboxylic acids is 1. The van der Waals surface area contributed by atoms with Crippen LogP contribution in [0.4, 0.5) is 13.2 Å². The monoisotopic (exact) mass is 281 g/mol. The van der Waals surface area contributed by atoms with E-state index in [2.05, 4.69) is 19.2 Å². The van der Waals surface area contributed by atoms with Crippen molar-refractivity contribution in [3.05, 3.63) is 0 Å². The molecule has 0 heterocycles. The largest absolute Gasteiger partial charge is 0.397 e. The maximum absolute atomic E-state index is 12.2. The van der Waals surface area contributed by atoms with Crippen molar-refractivity contribution >= 4 is 5.91 Å². The van der Waals surface area contributed by atoms with Crippen molar-refractivity contribution in [2.45, 2.75) is 72.5 Å². The summed E-state index contributed by atoms with van der Waals surface area (Å²) in [7, 11) is 0. The zero-order valence-corrected chi connectivity index (χ0v) is 12.7. The van der Waals surface area contributed by atoms with E-state index in [1.807, 2.05) is 27.7 Å². The van der Waals surface area contributed by atoms with Crippen molar-refractivity contribution in [1.29, 1.82) is 0 Å². The lowest BCUT2D eigenvalue weighted by atomic mass is 9.71. The second-order valence-electron chi connectivity index (χ2n) is 6.85. The molecule has 0 rings (SSSR count). The Labute approximate surface area is 114 Å². The molecule has 0 aliphatic carbocycles. The summed E-state index contributed by atoms with van der Waals surface area (Å²) in [5.74, 6) is -0.505. The lowest BCUT2D eigenvalue weighted by molar-refractivity contribution is -0.156. The summed E-state index contributed by atoms with van der Waals surface area (Å²) in [6, 6.07) is 0. The van der Waals surface area contributed by atoms with Crippen molar-refractivity contribution in [2.24, 2.45) is 11.3 Å². The molecule has 0 aromatic heterocycles. The molecule has 0 fully saturated rings. The molecule has 0 aromatic carbocycles. The summed E-state index contributed by atoms with van der Waals surface area (Å²) in [4.78, 5) is 11.5. The van der Waals surface area contributed by atoms with E-state index in [1.165, 1.54) is 0 Å². The number of hydrogen-bond acceptors (Lipinski definition) is 1. The molecular formula is C14H26F3NO. The van der Waals surface area contributed by atoms with Gasteiger partial charge in [-0.2, -0.15) is 13.2 Å². The second kappa shape index (κ2) is 6.14. The average molecular weight is 281 g/mol. The van der Waals surface area contributed by atoms with Crippen LogP contribution in [0.15, 0.2) is 0 Å². The zero-order chi connectivity index (χ0) is 15.5. The van der Waals surface area contributed by atoms with Crippen LogP contribution in [-0.2, 0) is 4.79 Å². The third-order valence-electron chi connectivity index (χ3n) is 3.65. The van der Waals surface area contributed by atoms with Gasteiger partial charge in [0, 0.05) is 5.54 Å². The SMILES string of the molecule is CC(C)CCC(C)(NC(=O)CC(F)(F)F)C(C)(C)C. The van der Waals surface area contributed by atoms with Gasteiger partial charge < -0.3 is 5.32 Å².